The number of phenolic OH excluding ortho intramolecular Hbond substituents is 1. The van der Waals surface area contributed by atoms with Crippen LogP contribution in [-0.4, -0.2) is 16.7 Å². The van der Waals surface area contributed by atoms with Gasteiger partial charge in [-0.15, -0.1) is 0 Å². The minimum absolute atomic E-state index is 0.0245. The average Bonchev–Trinajstić information content (AvgIpc) is 2.63. The largest absolute Gasteiger partial charge is 0.506 e. The van der Waals surface area contributed by atoms with Gasteiger partial charge in [0.15, 0.2) is 11.6 Å². The fourth-order valence-electron chi connectivity index (χ4n) is 3.02. The number of rotatable bonds is 2. The molecule has 0 saturated heterocycles. The average molecular weight is 394 g/mol. The lowest BCUT2D eigenvalue weighted by atomic mass is 9.82. The second-order valence-electron chi connectivity index (χ2n) is 5.70. The Hall–Kier alpha value is -2.92. The van der Waals surface area contributed by atoms with Crippen molar-refractivity contribution in [1.82, 2.24) is 0 Å². The maximum atomic E-state index is 13.0. The molecule has 0 fully saturated rings. The van der Waals surface area contributed by atoms with Crippen molar-refractivity contribution in [2.24, 2.45) is 0 Å². The molecule has 0 aromatic heterocycles. The van der Waals surface area contributed by atoms with Crippen LogP contribution in [-0.2, 0) is 0 Å². The SMILES string of the molecule is O=C1c2ccccc2C(=O)c2c(O)c(Br)cc(Nc3ccccc3)c21. The number of ketones is 2. The molecule has 0 atom stereocenters. The minimum atomic E-state index is -0.361. The van der Waals surface area contributed by atoms with Gasteiger partial charge in [-0.3, -0.25) is 9.59 Å². The van der Waals surface area contributed by atoms with E-state index in [1.54, 1.807) is 30.3 Å². The zero-order valence-corrected chi connectivity index (χ0v) is 14.5. The van der Waals surface area contributed by atoms with Crippen molar-refractivity contribution in [1.29, 1.82) is 0 Å². The van der Waals surface area contributed by atoms with E-state index in [0.717, 1.165) is 5.69 Å². The van der Waals surface area contributed by atoms with Gasteiger partial charge in [0.1, 0.15) is 5.75 Å². The number of hydrogen-bond acceptors (Lipinski definition) is 4. The van der Waals surface area contributed by atoms with Gasteiger partial charge in [0.2, 0.25) is 0 Å². The van der Waals surface area contributed by atoms with Gasteiger partial charge in [-0.25, -0.2) is 0 Å². The lowest BCUT2D eigenvalue weighted by Gasteiger charge is -2.22. The molecule has 122 valence electrons. The zero-order valence-electron chi connectivity index (χ0n) is 12.9. The molecule has 0 amide bonds. The van der Waals surface area contributed by atoms with Crippen LogP contribution in [0.2, 0.25) is 0 Å². The third-order valence-electron chi connectivity index (χ3n) is 4.18. The van der Waals surface area contributed by atoms with Crippen molar-refractivity contribution >= 4 is 38.9 Å². The normalized spacial score (nSPS) is 12.5. The van der Waals surface area contributed by atoms with Crippen LogP contribution in [0.25, 0.3) is 0 Å². The Kier molecular flexibility index (Phi) is 3.66. The third-order valence-corrected chi connectivity index (χ3v) is 4.78. The van der Waals surface area contributed by atoms with Crippen LogP contribution in [0.3, 0.4) is 0 Å². The van der Waals surface area contributed by atoms with E-state index in [1.165, 1.54) is 0 Å². The quantitative estimate of drug-likeness (QED) is 0.485. The molecule has 0 unspecified atom stereocenters. The van der Waals surface area contributed by atoms with E-state index in [0.29, 0.717) is 21.3 Å². The molecule has 3 aromatic rings. The smallest absolute Gasteiger partial charge is 0.198 e. The molecule has 3 aromatic carbocycles. The molecule has 1 aliphatic rings. The number of hydrogen-bond donors (Lipinski definition) is 2. The molecule has 0 aliphatic heterocycles. The number of aromatic hydroxyl groups is 1. The molecule has 0 bridgehead atoms. The summed E-state index contributed by atoms with van der Waals surface area (Å²) in [5, 5.41) is 13.6. The van der Waals surface area contributed by atoms with E-state index in [1.807, 2.05) is 30.3 Å². The summed E-state index contributed by atoms with van der Waals surface area (Å²) in [5.74, 6) is -0.868. The van der Waals surface area contributed by atoms with Gasteiger partial charge in [-0.05, 0) is 34.1 Å². The predicted molar refractivity (Wildman–Crippen MR) is 98.8 cm³/mol. The van der Waals surface area contributed by atoms with E-state index >= 15 is 0 Å². The third kappa shape index (κ3) is 2.44. The van der Waals surface area contributed by atoms with Gasteiger partial charge < -0.3 is 10.4 Å². The van der Waals surface area contributed by atoms with Crippen LogP contribution < -0.4 is 5.32 Å². The van der Waals surface area contributed by atoms with Crippen molar-refractivity contribution in [3.63, 3.8) is 0 Å². The van der Waals surface area contributed by atoms with Crippen molar-refractivity contribution in [2.45, 2.75) is 0 Å². The molecule has 0 radical (unpaired) electrons. The number of halogens is 1. The van der Waals surface area contributed by atoms with Crippen molar-refractivity contribution < 1.29 is 14.7 Å². The summed E-state index contributed by atoms with van der Waals surface area (Å²) >= 11 is 3.27. The first kappa shape index (κ1) is 15.6. The number of para-hydroxylation sites is 1. The zero-order chi connectivity index (χ0) is 17.6. The van der Waals surface area contributed by atoms with Gasteiger partial charge in [-0.1, -0.05) is 42.5 Å². The molecule has 0 heterocycles. The van der Waals surface area contributed by atoms with Crippen LogP contribution in [0.5, 0.6) is 5.75 Å². The van der Waals surface area contributed by atoms with E-state index < -0.39 is 0 Å². The first-order valence-electron chi connectivity index (χ1n) is 7.64. The van der Waals surface area contributed by atoms with Crippen LogP contribution in [0.15, 0.2) is 65.1 Å². The Labute approximate surface area is 152 Å². The summed E-state index contributed by atoms with van der Waals surface area (Å²) in [6.45, 7) is 0. The Morgan fingerprint density at radius 3 is 2.00 bits per heavy atom. The molecule has 0 saturated carbocycles. The van der Waals surface area contributed by atoms with Gasteiger partial charge >= 0.3 is 0 Å². The van der Waals surface area contributed by atoms with Crippen LogP contribution >= 0.6 is 15.9 Å². The molecular formula is C20H12BrNO3. The number of anilines is 2. The Morgan fingerprint density at radius 2 is 1.36 bits per heavy atom. The highest BCUT2D eigenvalue weighted by Gasteiger charge is 2.35. The number of phenols is 1. The first-order chi connectivity index (χ1) is 12.1. The minimum Gasteiger partial charge on any atom is -0.506 e. The molecule has 2 N–H and O–H groups in total. The highest BCUT2D eigenvalue weighted by atomic mass is 79.9. The van der Waals surface area contributed by atoms with Gasteiger partial charge in [0, 0.05) is 16.8 Å². The molecule has 1 aliphatic carbocycles. The first-order valence-corrected chi connectivity index (χ1v) is 8.43. The summed E-state index contributed by atoms with van der Waals surface area (Å²) in [4.78, 5) is 25.9. The summed E-state index contributed by atoms with van der Waals surface area (Å²) < 4.78 is 0.352. The Balaban J connectivity index is 1.96. The van der Waals surface area contributed by atoms with Gasteiger partial charge in [-0.2, -0.15) is 0 Å². The number of carbonyl (C=O) groups excluding carboxylic acids is 2. The van der Waals surface area contributed by atoms with E-state index in [9.17, 15) is 14.7 Å². The highest BCUT2D eigenvalue weighted by molar-refractivity contribution is 9.10. The van der Waals surface area contributed by atoms with E-state index in [2.05, 4.69) is 21.2 Å². The van der Waals surface area contributed by atoms with Crippen molar-refractivity contribution in [3.05, 3.63) is 87.4 Å². The summed E-state index contributed by atoms with van der Waals surface area (Å²) in [7, 11) is 0. The molecule has 4 rings (SSSR count). The standard InChI is InChI=1S/C20H12BrNO3/c21-14-10-15(22-11-6-2-1-3-7-11)16-17(20(14)25)19(24)13-9-5-4-8-12(13)18(16)23/h1-10,22,25H. The maximum Gasteiger partial charge on any atom is 0.198 e. The van der Waals surface area contributed by atoms with E-state index in [-0.39, 0.29) is 28.4 Å². The molecule has 5 heteroatoms. The second-order valence-corrected chi connectivity index (χ2v) is 6.55. The van der Waals surface area contributed by atoms with E-state index in [4.69, 9.17) is 0 Å². The molecule has 25 heavy (non-hydrogen) atoms. The topological polar surface area (TPSA) is 66.4 Å². The van der Waals surface area contributed by atoms with Crippen LogP contribution in [0.1, 0.15) is 31.8 Å². The number of benzene rings is 3. The number of nitrogens with one attached hydrogen (secondary N) is 1. The summed E-state index contributed by atoms with van der Waals surface area (Å²) in [6.07, 6.45) is 0. The van der Waals surface area contributed by atoms with Crippen LogP contribution in [0, 0.1) is 0 Å². The number of carbonyl (C=O) groups is 2. The fraction of sp³-hybridized carbons (Fsp3) is 0. The molecule has 0 spiro atoms. The monoisotopic (exact) mass is 393 g/mol. The summed E-state index contributed by atoms with van der Waals surface area (Å²) in [5.41, 5.74) is 2.11. The Morgan fingerprint density at radius 1 is 0.800 bits per heavy atom. The van der Waals surface area contributed by atoms with Gasteiger partial charge in [0.05, 0.1) is 21.3 Å². The van der Waals surface area contributed by atoms with Crippen LogP contribution in [0.4, 0.5) is 11.4 Å². The molecular weight excluding hydrogens is 382 g/mol. The second kappa shape index (κ2) is 5.86. The van der Waals surface area contributed by atoms with Crippen molar-refractivity contribution in [2.75, 3.05) is 5.32 Å². The lowest BCUT2D eigenvalue weighted by Crippen LogP contribution is -2.22. The highest BCUT2D eigenvalue weighted by Crippen LogP contribution is 2.42. The fourth-order valence-corrected chi connectivity index (χ4v) is 3.45. The Bertz CT molecular complexity index is 1030. The van der Waals surface area contributed by atoms with Gasteiger partial charge in [0.25, 0.3) is 0 Å². The lowest BCUT2D eigenvalue weighted by molar-refractivity contribution is 0.0977. The molecule has 4 nitrogen and oxygen atoms in total. The number of fused-ring (bicyclic) bond motifs is 2. The predicted octanol–water partition coefficient (Wildman–Crippen LogP) is 4.67. The maximum absolute atomic E-state index is 13.0. The van der Waals surface area contributed by atoms with Crippen molar-refractivity contribution in [3.8, 4) is 5.75 Å². The summed E-state index contributed by atoms with van der Waals surface area (Å²) in [6, 6.07) is 17.6.